The van der Waals surface area contributed by atoms with Gasteiger partial charge in [0, 0.05) is 25.7 Å². The second kappa shape index (κ2) is 7.56. The number of carbonyl (C=O) groups is 1. The zero-order valence-electron chi connectivity index (χ0n) is 13.8. The predicted octanol–water partition coefficient (Wildman–Crippen LogP) is 7.05. The van der Waals surface area contributed by atoms with E-state index in [0.29, 0.717) is 31.5 Å². The maximum absolute atomic E-state index is 12.5. The molecule has 0 unspecified atom stereocenters. The highest BCUT2D eigenvalue weighted by Crippen LogP contribution is 2.36. The number of carbonyl (C=O) groups excluding carboxylic acids is 1. The average Bonchev–Trinajstić information content (AvgIpc) is 3.25. The van der Waals surface area contributed by atoms with Crippen molar-refractivity contribution in [2.75, 3.05) is 0 Å². The molecule has 1 N–H and O–H groups in total. The third-order valence-corrected chi connectivity index (χ3v) is 6.15. The number of thiophene rings is 1. The van der Waals surface area contributed by atoms with Crippen LogP contribution in [0, 0.1) is 0 Å². The van der Waals surface area contributed by atoms with E-state index >= 15 is 0 Å². The normalized spacial score (nSPS) is 11.1. The van der Waals surface area contributed by atoms with Crippen LogP contribution in [-0.2, 0) is 6.54 Å². The minimum absolute atomic E-state index is 0.248. The summed E-state index contributed by atoms with van der Waals surface area (Å²) in [5.41, 5.74) is 0.918. The van der Waals surface area contributed by atoms with E-state index in [9.17, 15) is 4.79 Å². The van der Waals surface area contributed by atoms with E-state index in [1.807, 2.05) is 30.3 Å². The van der Waals surface area contributed by atoms with E-state index < -0.39 is 0 Å². The van der Waals surface area contributed by atoms with Crippen molar-refractivity contribution in [2.45, 2.75) is 6.54 Å². The van der Waals surface area contributed by atoms with Crippen LogP contribution in [0.4, 0.5) is 0 Å². The van der Waals surface area contributed by atoms with Gasteiger partial charge in [0.15, 0.2) is 0 Å². The van der Waals surface area contributed by atoms with Crippen molar-refractivity contribution in [1.29, 1.82) is 0 Å². The molecular weight excluding hydrogens is 425 g/mol. The fraction of sp³-hybridized carbons (Fsp3) is 0.0500. The number of benzene rings is 2. The number of nitrogens with one attached hydrogen (secondary N) is 1. The fourth-order valence-electron chi connectivity index (χ4n) is 2.67. The summed E-state index contributed by atoms with van der Waals surface area (Å²) in [4.78, 5) is 13.0. The summed E-state index contributed by atoms with van der Waals surface area (Å²) >= 11 is 19.6. The van der Waals surface area contributed by atoms with Gasteiger partial charge < -0.3 is 9.73 Å². The minimum atomic E-state index is -0.248. The molecule has 0 aliphatic heterocycles. The average molecular weight is 437 g/mol. The highest BCUT2D eigenvalue weighted by molar-refractivity contribution is 7.21. The van der Waals surface area contributed by atoms with Crippen LogP contribution < -0.4 is 5.32 Å². The Morgan fingerprint density at radius 3 is 2.48 bits per heavy atom. The number of amides is 1. The van der Waals surface area contributed by atoms with Gasteiger partial charge in [-0.05, 0) is 48.5 Å². The first-order valence-corrected chi connectivity index (χ1v) is 9.97. The Balaban J connectivity index is 1.48. The minimum Gasteiger partial charge on any atom is -0.459 e. The van der Waals surface area contributed by atoms with Gasteiger partial charge in [-0.1, -0.05) is 40.9 Å². The first-order chi connectivity index (χ1) is 13.0. The Hall–Kier alpha value is -1.98. The maximum Gasteiger partial charge on any atom is 0.263 e. The Labute approximate surface area is 174 Å². The number of fused-ring (bicyclic) bond motifs is 1. The highest BCUT2D eigenvalue weighted by Gasteiger charge is 2.17. The van der Waals surface area contributed by atoms with Crippen molar-refractivity contribution in [3.63, 3.8) is 0 Å². The standard InChI is InChI=1S/C20H12Cl3NO2S/c21-12-3-1-11(2-4-12)16-8-6-14(26-16)10-24-20(25)19-18(23)15-7-5-13(22)9-17(15)27-19/h1-9H,10H2,(H,24,25). The summed E-state index contributed by atoms with van der Waals surface area (Å²) in [6.45, 7) is 0.262. The molecule has 0 aliphatic carbocycles. The van der Waals surface area contributed by atoms with E-state index in [4.69, 9.17) is 39.2 Å². The molecule has 2 aromatic heterocycles. The summed E-state index contributed by atoms with van der Waals surface area (Å²) in [6.07, 6.45) is 0. The predicted molar refractivity (Wildman–Crippen MR) is 112 cm³/mol. The third-order valence-electron chi connectivity index (χ3n) is 4.01. The molecule has 0 saturated carbocycles. The fourth-order valence-corrected chi connectivity index (χ4v) is 4.51. The van der Waals surface area contributed by atoms with Gasteiger partial charge in [0.05, 0.1) is 11.6 Å². The molecule has 0 atom stereocenters. The van der Waals surface area contributed by atoms with Crippen LogP contribution in [0.5, 0.6) is 0 Å². The lowest BCUT2D eigenvalue weighted by Gasteiger charge is -2.02. The molecule has 7 heteroatoms. The lowest BCUT2D eigenvalue weighted by molar-refractivity contribution is 0.0952. The van der Waals surface area contributed by atoms with Crippen LogP contribution >= 0.6 is 46.1 Å². The van der Waals surface area contributed by atoms with E-state index in [1.54, 1.807) is 24.3 Å². The number of rotatable bonds is 4. The van der Waals surface area contributed by atoms with Crippen molar-refractivity contribution in [3.05, 3.63) is 80.3 Å². The van der Waals surface area contributed by atoms with Crippen molar-refractivity contribution < 1.29 is 9.21 Å². The molecule has 0 bridgehead atoms. The van der Waals surface area contributed by atoms with E-state index in [-0.39, 0.29) is 12.5 Å². The van der Waals surface area contributed by atoms with Gasteiger partial charge in [-0.2, -0.15) is 0 Å². The number of halogens is 3. The Kier molecular flexibility index (Phi) is 5.15. The smallest absolute Gasteiger partial charge is 0.263 e. The second-order valence-electron chi connectivity index (χ2n) is 5.84. The number of hydrogen-bond donors (Lipinski definition) is 1. The van der Waals surface area contributed by atoms with E-state index in [1.165, 1.54) is 11.3 Å². The maximum atomic E-state index is 12.5. The summed E-state index contributed by atoms with van der Waals surface area (Å²) < 4.78 is 6.67. The summed E-state index contributed by atoms with van der Waals surface area (Å²) in [5.74, 6) is 1.11. The molecule has 0 saturated heterocycles. The molecule has 4 rings (SSSR count). The SMILES string of the molecule is O=C(NCc1ccc(-c2ccc(Cl)cc2)o1)c1sc2cc(Cl)ccc2c1Cl. The van der Waals surface area contributed by atoms with E-state index in [0.717, 1.165) is 15.6 Å². The van der Waals surface area contributed by atoms with Gasteiger partial charge in [0.2, 0.25) is 0 Å². The van der Waals surface area contributed by atoms with Gasteiger partial charge >= 0.3 is 0 Å². The first kappa shape index (κ1) is 18.4. The molecule has 136 valence electrons. The van der Waals surface area contributed by atoms with Crippen LogP contribution in [-0.4, -0.2) is 5.91 Å². The van der Waals surface area contributed by atoms with Crippen LogP contribution in [0.25, 0.3) is 21.4 Å². The van der Waals surface area contributed by atoms with Crippen molar-refractivity contribution in [2.24, 2.45) is 0 Å². The molecule has 0 spiro atoms. The zero-order valence-corrected chi connectivity index (χ0v) is 16.8. The van der Waals surface area contributed by atoms with Crippen molar-refractivity contribution in [3.8, 4) is 11.3 Å². The van der Waals surface area contributed by atoms with Crippen LogP contribution in [0.2, 0.25) is 15.1 Å². The summed E-state index contributed by atoms with van der Waals surface area (Å²) in [6, 6.07) is 16.4. The molecule has 0 radical (unpaired) electrons. The van der Waals surface area contributed by atoms with Crippen LogP contribution in [0.1, 0.15) is 15.4 Å². The zero-order chi connectivity index (χ0) is 19.0. The van der Waals surface area contributed by atoms with Gasteiger partial charge in [0.25, 0.3) is 5.91 Å². The topological polar surface area (TPSA) is 42.2 Å². The lowest BCUT2D eigenvalue weighted by Crippen LogP contribution is -2.21. The molecule has 1 amide bonds. The summed E-state index contributed by atoms with van der Waals surface area (Å²) in [7, 11) is 0. The Bertz CT molecular complexity index is 1130. The monoisotopic (exact) mass is 435 g/mol. The molecule has 2 aromatic carbocycles. The number of furan rings is 1. The highest BCUT2D eigenvalue weighted by atomic mass is 35.5. The molecular formula is C20H12Cl3NO2S. The molecule has 4 aromatic rings. The molecule has 3 nitrogen and oxygen atoms in total. The van der Waals surface area contributed by atoms with E-state index in [2.05, 4.69) is 5.32 Å². The Morgan fingerprint density at radius 2 is 1.70 bits per heavy atom. The number of hydrogen-bond acceptors (Lipinski definition) is 3. The van der Waals surface area contributed by atoms with Gasteiger partial charge in [0.1, 0.15) is 16.4 Å². The second-order valence-corrected chi connectivity index (χ2v) is 8.14. The Morgan fingerprint density at radius 1 is 0.963 bits per heavy atom. The molecule has 2 heterocycles. The molecule has 0 aliphatic rings. The lowest BCUT2D eigenvalue weighted by atomic mass is 10.2. The van der Waals surface area contributed by atoms with Crippen molar-refractivity contribution >= 4 is 62.1 Å². The largest absolute Gasteiger partial charge is 0.459 e. The molecule has 27 heavy (non-hydrogen) atoms. The quantitative estimate of drug-likeness (QED) is 0.372. The molecule has 0 fully saturated rings. The van der Waals surface area contributed by atoms with Gasteiger partial charge in [-0.15, -0.1) is 11.3 Å². The van der Waals surface area contributed by atoms with Crippen LogP contribution in [0.15, 0.2) is 59.0 Å². The van der Waals surface area contributed by atoms with Gasteiger partial charge in [-0.25, -0.2) is 0 Å². The van der Waals surface area contributed by atoms with Crippen molar-refractivity contribution in [1.82, 2.24) is 5.32 Å². The van der Waals surface area contributed by atoms with Crippen LogP contribution in [0.3, 0.4) is 0 Å². The summed E-state index contributed by atoms with van der Waals surface area (Å²) in [5, 5.41) is 5.37. The third kappa shape index (κ3) is 3.85. The van der Waals surface area contributed by atoms with Gasteiger partial charge in [-0.3, -0.25) is 4.79 Å². The first-order valence-electron chi connectivity index (χ1n) is 8.01.